The summed E-state index contributed by atoms with van der Waals surface area (Å²) in [4.78, 5) is 29.0. The summed E-state index contributed by atoms with van der Waals surface area (Å²) in [5, 5.41) is 1.20. The van der Waals surface area contributed by atoms with Crippen LogP contribution in [0, 0.1) is 0 Å². The van der Waals surface area contributed by atoms with Crippen LogP contribution in [0.5, 0.6) is 5.75 Å². The number of ether oxygens (including phenoxy) is 1. The topological polar surface area (TPSA) is 49.9 Å². The third-order valence-electron chi connectivity index (χ3n) is 4.51. The van der Waals surface area contributed by atoms with Crippen molar-refractivity contribution >= 4 is 52.3 Å². The Morgan fingerprint density at radius 2 is 1.74 bits per heavy atom. The van der Waals surface area contributed by atoms with E-state index in [1.807, 2.05) is 0 Å². The van der Waals surface area contributed by atoms with Gasteiger partial charge in [-0.05, 0) is 43.3 Å². The molecule has 5 nitrogen and oxygen atoms in total. The second-order valence-corrected chi connectivity index (χ2v) is 7.38. The zero-order valence-electron chi connectivity index (χ0n) is 14.7. The Morgan fingerprint density at radius 3 is 2.41 bits per heavy atom. The monoisotopic (exact) mass is 426 g/mol. The molecule has 1 atom stereocenters. The number of hydrogen-bond donors (Lipinski definition) is 0. The van der Waals surface area contributed by atoms with Crippen LogP contribution in [0.15, 0.2) is 36.4 Å². The van der Waals surface area contributed by atoms with Crippen LogP contribution in [0.25, 0.3) is 0 Å². The largest absolute Gasteiger partial charge is 0.495 e. The van der Waals surface area contributed by atoms with Crippen LogP contribution in [-0.2, 0) is 4.79 Å². The fourth-order valence-corrected chi connectivity index (χ4v) is 3.73. The fourth-order valence-electron chi connectivity index (χ4n) is 3.08. The van der Waals surface area contributed by atoms with E-state index in [1.165, 1.54) is 18.1 Å². The highest BCUT2D eigenvalue weighted by Gasteiger charge is 2.36. The molecule has 1 aliphatic heterocycles. The average Bonchev–Trinajstić information content (AvgIpc) is 2.63. The predicted molar refractivity (Wildman–Crippen MR) is 107 cm³/mol. The first kappa shape index (κ1) is 19.8. The molecular formula is C19H17Cl3N2O3. The molecule has 0 aromatic heterocycles. The summed E-state index contributed by atoms with van der Waals surface area (Å²) in [5.41, 5.74) is 0.896. The van der Waals surface area contributed by atoms with E-state index in [9.17, 15) is 9.59 Å². The minimum atomic E-state index is -0.665. The number of amides is 2. The molecule has 142 valence electrons. The SMILES string of the molecule is COc1ccc(Cl)cc1N1CCN(C(=O)c2ccc(Cl)cc2Cl)C(C)C1=O. The van der Waals surface area contributed by atoms with Gasteiger partial charge < -0.3 is 14.5 Å². The van der Waals surface area contributed by atoms with Crippen molar-refractivity contribution in [1.82, 2.24) is 4.90 Å². The fraction of sp³-hybridized carbons (Fsp3) is 0.263. The van der Waals surface area contributed by atoms with Gasteiger partial charge in [-0.2, -0.15) is 0 Å². The Kier molecular flexibility index (Phi) is 5.84. The van der Waals surface area contributed by atoms with Crippen molar-refractivity contribution in [3.63, 3.8) is 0 Å². The number of methoxy groups -OCH3 is 1. The summed E-state index contributed by atoms with van der Waals surface area (Å²) in [7, 11) is 1.53. The number of carbonyl (C=O) groups excluding carboxylic acids is 2. The lowest BCUT2D eigenvalue weighted by molar-refractivity contribution is -0.124. The Bertz CT molecular complexity index is 904. The molecule has 3 rings (SSSR count). The van der Waals surface area contributed by atoms with Crippen LogP contribution in [-0.4, -0.2) is 43.0 Å². The molecule has 0 bridgehead atoms. The van der Waals surface area contributed by atoms with Gasteiger partial charge in [0, 0.05) is 23.1 Å². The van der Waals surface area contributed by atoms with Crippen molar-refractivity contribution in [2.45, 2.75) is 13.0 Å². The van der Waals surface area contributed by atoms with Gasteiger partial charge in [-0.25, -0.2) is 0 Å². The minimum absolute atomic E-state index is 0.222. The van der Waals surface area contributed by atoms with E-state index < -0.39 is 6.04 Å². The maximum absolute atomic E-state index is 13.0. The Balaban J connectivity index is 1.87. The Morgan fingerprint density at radius 1 is 1.07 bits per heavy atom. The molecule has 1 fully saturated rings. The van der Waals surface area contributed by atoms with Gasteiger partial charge in [0.05, 0.1) is 23.4 Å². The van der Waals surface area contributed by atoms with Crippen LogP contribution in [0.3, 0.4) is 0 Å². The number of hydrogen-bond acceptors (Lipinski definition) is 3. The molecule has 27 heavy (non-hydrogen) atoms. The van der Waals surface area contributed by atoms with Crippen molar-refractivity contribution in [3.8, 4) is 5.75 Å². The highest BCUT2D eigenvalue weighted by Crippen LogP contribution is 2.33. The number of carbonyl (C=O) groups is 2. The molecule has 0 saturated carbocycles. The normalized spacial score (nSPS) is 17.2. The summed E-state index contributed by atoms with van der Waals surface area (Å²) in [6, 6.07) is 9.09. The van der Waals surface area contributed by atoms with Gasteiger partial charge in [0.15, 0.2) is 0 Å². The van der Waals surface area contributed by atoms with E-state index in [4.69, 9.17) is 39.5 Å². The summed E-state index contributed by atoms with van der Waals surface area (Å²) >= 11 is 18.1. The molecule has 0 N–H and O–H groups in total. The third kappa shape index (κ3) is 3.86. The first-order valence-electron chi connectivity index (χ1n) is 8.24. The number of rotatable bonds is 3. The van der Waals surface area contributed by atoms with Crippen LogP contribution >= 0.6 is 34.8 Å². The molecule has 0 spiro atoms. The smallest absolute Gasteiger partial charge is 0.256 e. The molecule has 2 amide bonds. The average molecular weight is 428 g/mol. The molecule has 0 aliphatic carbocycles. The zero-order valence-corrected chi connectivity index (χ0v) is 17.0. The van der Waals surface area contributed by atoms with Crippen molar-refractivity contribution in [2.24, 2.45) is 0 Å². The van der Waals surface area contributed by atoms with Gasteiger partial charge >= 0.3 is 0 Å². The highest BCUT2D eigenvalue weighted by molar-refractivity contribution is 6.36. The van der Waals surface area contributed by atoms with E-state index >= 15 is 0 Å². The molecule has 0 radical (unpaired) electrons. The number of halogens is 3. The Labute approximate surface area is 172 Å². The summed E-state index contributed by atoms with van der Waals surface area (Å²) in [6.07, 6.45) is 0. The summed E-state index contributed by atoms with van der Waals surface area (Å²) < 4.78 is 5.34. The lowest BCUT2D eigenvalue weighted by Gasteiger charge is -2.39. The molecule has 1 heterocycles. The molecule has 2 aromatic rings. The molecule has 1 aliphatic rings. The Hall–Kier alpha value is -1.95. The van der Waals surface area contributed by atoms with Crippen LogP contribution in [0.2, 0.25) is 15.1 Å². The van der Waals surface area contributed by atoms with E-state index in [2.05, 4.69) is 0 Å². The van der Waals surface area contributed by atoms with Crippen molar-refractivity contribution in [3.05, 3.63) is 57.0 Å². The third-order valence-corrected chi connectivity index (χ3v) is 5.29. The number of piperazine rings is 1. The van der Waals surface area contributed by atoms with Gasteiger partial charge in [0.25, 0.3) is 5.91 Å². The molecule has 1 unspecified atom stereocenters. The molecule has 8 heteroatoms. The highest BCUT2D eigenvalue weighted by atomic mass is 35.5. The van der Waals surface area contributed by atoms with E-state index in [0.29, 0.717) is 40.1 Å². The minimum Gasteiger partial charge on any atom is -0.495 e. The quantitative estimate of drug-likeness (QED) is 0.723. The second-order valence-electron chi connectivity index (χ2n) is 6.10. The second kappa shape index (κ2) is 7.97. The number of benzene rings is 2. The lowest BCUT2D eigenvalue weighted by Crippen LogP contribution is -2.57. The molecular weight excluding hydrogens is 411 g/mol. The molecule has 2 aromatic carbocycles. The van der Waals surface area contributed by atoms with Crippen LogP contribution in [0.4, 0.5) is 5.69 Å². The van der Waals surface area contributed by atoms with Gasteiger partial charge in [-0.3, -0.25) is 9.59 Å². The van der Waals surface area contributed by atoms with Crippen LogP contribution in [0.1, 0.15) is 17.3 Å². The van der Waals surface area contributed by atoms with Crippen molar-refractivity contribution < 1.29 is 14.3 Å². The van der Waals surface area contributed by atoms with E-state index in [1.54, 1.807) is 42.2 Å². The van der Waals surface area contributed by atoms with Crippen molar-refractivity contribution in [2.75, 3.05) is 25.1 Å². The standard InChI is InChI=1S/C19H17Cl3N2O3/c1-11-18(25)24(16-10-13(21)4-6-17(16)27-2)8-7-23(11)19(26)14-5-3-12(20)9-15(14)22/h3-6,9-11H,7-8H2,1-2H3. The molecule has 1 saturated heterocycles. The van der Waals surface area contributed by atoms with Crippen molar-refractivity contribution in [1.29, 1.82) is 0 Å². The van der Waals surface area contributed by atoms with Gasteiger partial charge in [-0.1, -0.05) is 34.8 Å². The maximum atomic E-state index is 13.0. The lowest BCUT2D eigenvalue weighted by atomic mass is 10.1. The van der Waals surface area contributed by atoms with Gasteiger partial charge in [0.1, 0.15) is 11.8 Å². The first-order chi connectivity index (χ1) is 12.8. The van der Waals surface area contributed by atoms with Gasteiger partial charge in [0.2, 0.25) is 5.91 Å². The predicted octanol–water partition coefficient (Wildman–Crippen LogP) is 4.53. The zero-order chi connectivity index (χ0) is 19.7. The van der Waals surface area contributed by atoms with Gasteiger partial charge in [-0.15, -0.1) is 0 Å². The maximum Gasteiger partial charge on any atom is 0.256 e. The number of anilines is 1. The number of nitrogens with zero attached hydrogens (tertiary/aromatic N) is 2. The summed E-state index contributed by atoms with van der Waals surface area (Å²) in [5.74, 6) is 0.0101. The van der Waals surface area contributed by atoms with Crippen LogP contribution < -0.4 is 9.64 Å². The first-order valence-corrected chi connectivity index (χ1v) is 9.38. The summed E-state index contributed by atoms with van der Waals surface area (Å²) in [6.45, 7) is 2.35. The van der Waals surface area contributed by atoms with E-state index in [-0.39, 0.29) is 16.8 Å². The van der Waals surface area contributed by atoms with E-state index in [0.717, 1.165) is 0 Å².